The van der Waals surface area contributed by atoms with Gasteiger partial charge in [-0.15, -0.1) is 0 Å². The Hall–Kier alpha value is -1.30. The van der Waals surface area contributed by atoms with Crippen LogP contribution in [0.3, 0.4) is 0 Å². The molecule has 0 aromatic heterocycles. The van der Waals surface area contributed by atoms with Gasteiger partial charge in [-0.3, -0.25) is 4.79 Å². The van der Waals surface area contributed by atoms with Gasteiger partial charge >= 0.3 is 12.0 Å². The number of carboxylic acid groups (broad SMARTS) is 1. The van der Waals surface area contributed by atoms with Crippen LogP contribution in [0.5, 0.6) is 0 Å². The van der Waals surface area contributed by atoms with Gasteiger partial charge in [-0.25, -0.2) is 4.79 Å². The maximum atomic E-state index is 12.1. The van der Waals surface area contributed by atoms with Crippen molar-refractivity contribution in [1.82, 2.24) is 9.80 Å². The van der Waals surface area contributed by atoms with E-state index in [1.165, 1.54) is 0 Å². The molecular formula is C12H20N2O4. The Morgan fingerprint density at radius 1 is 1.11 bits per heavy atom. The molecule has 2 saturated heterocycles. The summed E-state index contributed by atoms with van der Waals surface area (Å²) in [6.45, 7) is 2.78. The van der Waals surface area contributed by atoms with E-state index in [0.717, 1.165) is 25.9 Å². The minimum absolute atomic E-state index is 0.0251. The van der Waals surface area contributed by atoms with Gasteiger partial charge in [0.15, 0.2) is 0 Å². The highest BCUT2D eigenvalue weighted by atomic mass is 16.4. The molecule has 0 radical (unpaired) electrons. The minimum atomic E-state index is -0.795. The van der Waals surface area contributed by atoms with Crippen molar-refractivity contribution in [3.63, 3.8) is 0 Å². The predicted octanol–water partition coefficient (Wildman–Crippen LogP) is 0.217. The maximum absolute atomic E-state index is 12.1. The fourth-order valence-electron chi connectivity index (χ4n) is 2.73. The van der Waals surface area contributed by atoms with E-state index in [1.807, 2.05) is 4.90 Å². The highest BCUT2D eigenvalue weighted by Gasteiger charge is 2.36. The number of aliphatic carboxylic acids is 1. The largest absolute Gasteiger partial charge is 0.481 e. The molecule has 1 atom stereocenters. The first-order valence-electron chi connectivity index (χ1n) is 6.46. The van der Waals surface area contributed by atoms with Crippen LogP contribution in [0.4, 0.5) is 4.79 Å². The predicted molar refractivity (Wildman–Crippen MR) is 64.1 cm³/mol. The Kier molecular flexibility index (Phi) is 4.06. The van der Waals surface area contributed by atoms with Crippen molar-refractivity contribution in [2.75, 3.05) is 32.8 Å². The number of amides is 2. The lowest BCUT2D eigenvalue weighted by atomic mass is 9.97. The minimum Gasteiger partial charge on any atom is -0.481 e. The van der Waals surface area contributed by atoms with Crippen molar-refractivity contribution in [2.24, 2.45) is 11.8 Å². The molecule has 2 aliphatic heterocycles. The topological polar surface area (TPSA) is 81.1 Å². The molecule has 0 aromatic carbocycles. The maximum Gasteiger partial charge on any atom is 0.320 e. The average molecular weight is 256 g/mol. The van der Waals surface area contributed by atoms with Crippen LogP contribution in [0.2, 0.25) is 0 Å². The standard InChI is InChI=1S/C12H20N2O4/c15-4-2-9-1-3-13(6-9)12(18)14-7-10(8-14)5-11(16)17/h9-10,15H,1-8H2,(H,16,17). The molecular weight excluding hydrogens is 236 g/mol. The number of hydrogen-bond acceptors (Lipinski definition) is 3. The second-order valence-electron chi connectivity index (χ2n) is 5.26. The van der Waals surface area contributed by atoms with E-state index in [2.05, 4.69) is 0 Å². The Labute approximate surface area is 106 Å². The highest BCUT2D eigenvalue weighted by molar-refractivity contribution is 5.76. The van der Waals surface area contributed by atoms with E-state index in [1.54, 1.807) is 4.90 Å². The monoisotopic (exact) mass is 256 g/mol. The van der Waals surface area contributed by atoms with Crippen LogP contribution in [-0.4, -0.2) is 64.8 Å². The summed E-state index contributed by atoms with van der Waals surface area (Å²) in [5.74, 6) is -0.270. The van der Waals surface area contributed by atoms with Crippen molar-refractivity contribution >= 4 is 12.0 Å². The zero-order valence-electron chi connectivity index (χ0n) is 10.4. The van der Waals surface area contributed by atoms with Gasteiger partial charge in [0.05, 0.1) is 6.42 Å². The molecule has 2 fully saturated rings. The summed E-state index contributed by atoms with van der Waals surface area (Å²) < 4.78 is 0. The average Bonchev–Trinajstić information content (AvgIpc) is 2.71. The zero-order chi connectivity index (χ0) is 13.1. The van der Waals surface area contributed by atoms with E-state index >= 15 is 0 Å². The Morgan fingerprint density at radius 3 is 2.39 bits per heavy atom. The van der Waals surface area contributed by atoms with E-state index < -0.39 is 5.97 Å². The molecule has 2 aliphatic rings. The number of aliphatic hydroxyl groups excluding tert-OH is 1. The second-order valence-corrected chi connectivity index (χ2v) is 5.26. The molecule has 1 unspecified atom stereocenters. The number of aliphatic hydroxyl groups is 1. The fraction of sp³-hybridized carbons (Fsp3) is 0.833. The Balaban J connectivity index is 1.72. The number of likely N-dealkylation sites (tertiary alicyclic amines) is 2. The molecule has 2 amide bonds. The van der Waals surface area contributed by atoms with Gasteiger partial charge in [0, 0.05) is 38.7 Å². The summed E-state index contributed by atoms with van der Waals surface area (Å²) in [7, 11) is 0. The van der Waals surface area contributed by atoms with Gasteiger partial charge in [-0.1, -0.05) is 0 Å². The van der Waals surface area contributed by atoms with Gasteiger partial charge < -0.3 is 20.0 Å². The summed E-state index contributed by atoms with van der Waals surface area (Å²) in [5.41, 5.74) is 0. The lowest BCUT2D eigenvalue weighted by Crippen LogP contribution is -2.54. The summed E-state index contributed by atoms with van der Waals surface area (Å²) in [6, 6.07) is 0.0251. The molecule has 102 valence electrons. The van der Waals surface area contributed by atoms with Crippen molar-refractivity contribution in [2.45, 2.75) is 19.3 Å². The number of rotatable bonds is 4. The Bertz CT molecular complexity index is 328. The number of hydrogen-bond donors (Lipinski definition) is 2. The molecule has 0 spiro atoms. The van der Waals surface area contributed by atoms with E-state index in [0.29, 0.717) is 19.0 Å². The molecule has 0 aliphatic carbocycles. The van der Waals surface area contributed by atoms with Crippen LogP contribution in [0, 0.1) is 11.8 Å². The van der Waals surface area contributed by atoms with Crippen molar-refractivity contribution in [3.05, 3.63) is 0 Å². The lowest BCUT2D eigenvalue weighted by Gasteiger charge is -2.40. The Morgan fingerprint density at radius 2 is 1.78 bits per heavy atom. The summed E-state index contributed by atoms with van der Waals surface area (Å²) in [5, 5.41) is 17.5. The molecule has 2 heterocycles. The van der Waals surface area contributed by atoms with Gasteiger partial charge in [0.1, 0.15) is 0 Å². The molecule has 0 aromatic rings. The third-order valence-electron chi connectivity index (χ3n) is 3.78. The van der Waals surface area contributed by atoms with Crippen molar-refractivity contribution in [1.29, 1.82) is 0 Å². The van der Waals surface area contributed by atoms with Crippen LogP contribution in [0.15, 0.2) is 0 Å². The molecule has 2 rings (SSSR count). The first-order valence-corrected chi connectivity index (χ1v) is 6.46. The van der Waals surface area contributed by atoms with Crippen LogP contribution in [-0.2, 0) is 4.79 Å². The van der Waals surface area contributed by atoms with E-state index in [-0.39, 0.29) is 25.0 Å². The zero-order valence-corrected chi connectivity index (χ0v) is 10.4. The third-order valence-corrected chi connectivity index (χ3v) is 3.78. The number of carbonyl (C=O) groups is 2. The second kappa shape index (κ2) is 5.56. The highest BCUT2D eigenvalue weighted by Crippen LogP contribution is 2.25. The van der Waals surface area contributed by atoms with E-state index in [9.17, 15) is 9.59 Å². The summed E-state index contributed by atoms with van der Waals surface area (Å²) >= 11 is 0. The van der Waals surface area contributed by atoms with Gasteiger partial charge in [0.2, 0.25) is 0 Å². The molecule has 6 nitrogen and oxygen atoms in total. The number of urea groups is 1. The quantitative estimate of drug-likeness (QED) is 0.754. The van der Waals surface area contributed by atoms with Crippen molar-refractivity contribution < 1.29 is 19.8 Å². The molecule has 2 N–H and O–H groups in total. The number of carboxylic acids is 1. The number of nitrogens with zero attached hydrogens (tertiary/aromatic N) is 2. The third kappa shape index (κ3) is 2.93. The van der Waals surface area contributed by atoms with Gasteiger partial charge in [-0.2, -0.15) is 0 Å². The summed E-state index contributed by atoms with van der Waals surface area (Å²) in [4.78, 5) is 26.1. The molecule has 0 bridgehead atoms. The van der Waals surface area contributed by atoms with E-state index in [4.69, 9.17) is 10.2 Å². The van der Waals surface area contributed by atoms with Crippen molar-refractivity contribution in [3.8, 4) is 0 Å². The molecule has 18 heavy (non-hydrogen) atoms. The molecule has 0 saturated carbocycles. The van der Waals surface area contributed by atoms with Gasteiger partial charge in [-0.05, 0) is 18.8 Å². The van der Waals surface area contributed by atoms with Gasteiger partial charge in [0.25, 0.3) is 0 Å². The first kappa shape index (κ1) is 13.1. The van der Waals surface area contributed by atoms with Crippen LogP contribution >= 0.6 is 0 Å². The van der Waals surface area contributed by atoms with Crippen LogP contribution in [0.25, 0.3) is 0 Å². The summed E-state index contributed by atoms with van der Waals surface area (Å²) in [6.07, 6.45) is 1.86. The fourth-order valence-corrected chi connectivity index (χ4v) is 2.73. The molecule has 6 heteroatoms. The lowest BCUT2D eigenvalue weighted by molar-refractivity contribution is -0.139. The number of carbonyl (C=O) groups excluding carboxylic acids is 1. The smallest absolute Gasteiger partial charge is 0.320 e. The SMILES string of the molecule is O=C(O)CC1CN(C(=O)N2CCC(CCO)C2)C1. The van der Waals surface area contributed by atoms with Crippen LogP contribution < -0.4 is 0 Å². The van der Waals surface area contributed by atoms with Crippen LogP contribution in [0.1, 0.15) is 19.3 Å². The first-order chi connectivity index (χ1) is 8.60. The normalized spacial score (nSPS) is 24.2.